The summed E-state index contributed by atoms with van der Waals surface area (Å²) in [5.41, 5.74) is 2.20. The second kappa shape index (κ2) is 2.69. The van der Waals surface area contributed by atoms with Crippen molar-refractivity contribution < 1.29 is 0 Å². The molecule has 0 bridgehead atoms. The zero-order chi connectivity index (χ0) is 7.56. The van der Waals surface area contributed by atoms with E-state index in [4.69, 9.17) is 0 Å². The molecule has 0 radical (unpaired) electrons. The van der Waals surface area contributed by atoms with E-state index >= 15 is 0 Å². The monoisotopic (exact) mass is 136 g/mol. The number of hydrogen-bond acceptors (Lipinski definition) is 1. The molecule has 0 saturated heterocycles. The first kappa shape index (κ1) is 7.06. The first-order valence-corrected chi connectivity index (χ1v) is 3.42. The molecule has 1 aromatic rings. The molecule has 0 atom stereocenters. The van der Waals surface area contributed by atoms with Crippen LogP contribution in [0.25, 0.3) is 5.57 Å². The molecule has 10 heavy (non-hydrogen) atoms. The molecule has 0 aliphatic heterocycles. The zero-order valence-corrected chi connectivity index (χ0v) is 6.46. The summed E-state index contributed by atoms with van der Waals surface area (Å²) in [6, 6.07) is 0. The maximum Gasteiger partial charge on any atom is 0.0564 e. The van der Waals surface area contributed by atoms with Gasteiger partial charge in [0, 0.05) is 18.3 Å². The predicted molar refractivity (Wildman–Crippen MR) is 42.6 cm³/mol. The Morgan fingerprint density at radius 2 is 2.50 bits per heavy atom. The minimum atomic E-state index is 0.924. The van der Waals surface area contributed by atoms with Crippen molar-refractivity contribution in [1.29, 1.82) is 0 Å². The SMILES string of the molecule is C=C(C)c1cnn(CC)c1. The number of aryl methyl sites for hydroxylation is 1. The molecule has 0 aromatic carbocycles. The lowest BCUT2D eigenvalue weighted by molar-refractivity contribution is 0.659. The van der Waals surface area contributed by atoms with Crippen LogP contribution in [0.1, 0.15) is 19.4 Å². The van der Waals surface area contributed by atoms with Crippen molar-refractivity contribution in [3.63, 3.8) is 0 Å². The zero-order valence-electron chi connectivity index (χ0n) is 6.46. The van der Waals surface area contributed by atoms with E-state index in [-0.39, 0.29) is 0 Å². The Hall–Kier alpha value is -1.05. The lowest BCUT2D eigenvalue weighted by atomic mass is 10.2. The normalized spacial score (nSPS) is 9.80. The highest BCUT2D eigenvalue weighted by molar-refractivity contribution is 5.59. The smallest absolute Gasteiger partial charge is 0.0564 e. The van der Waals surface area contributed by atoms with E-state index in [0.29, 0.717) is 0 Å². The molecule has 0 N–H and O–H groups in total. The standard InChI is InChI=1S/C8H12N2/c1-4-10-6-8(5-9-10)7(2)3/h5-6H,2,4H2,1,3H3. The van der Waals surface area contributed by atoms with Gasteiger partial charge in [-0.3, -0.25) is 4.68 Å². The van der Waals surface area contributed by atoms with Gasteiger partial charge in [0.1, 0.15) is 0 Å². The number of hydrogen-bond donors (Lipinski definition) is 0. The molecule has 0 aliphatic rings. The molecule has 0 unspecified atom stereocenters. The van der Waals surface area contributed by atoms with Gasteiger partial charge in [0.25, 0.3) is 0 Å². The maximum atomic E-state index is 4.11. The van der Waals surface area contributed by atoms with Crippen LogP contribution in [0.3, 0.4) is 0 Å². The van der Waals surface area contributed by atoms with Gasteiger partial charge in [-0.1, -0.05) is 6.58 Å². The third-order valence-corrected chi connectivity index (χ3v) is 1.45. The first-order chi connectivity index (χ1) is 4.74. The molecule has 54 valence electrons. The molecule has 0 spiro atoms. The van der Waals surface area contributed by atoms with Crippen LogP contribution in [0.15, 0.2) is 19.0 Å². The van der Waals surface area contributed by atoms with Crippen LogP contribution in [0.5, 0.6) is 0 Å². The first-order valence-electron chi connectivity index (χ1n) is 3.42. The van der Waals surface area contributed by atoms with E-state index in [1.54, 1.807) is 0 Å². The Balaban J connectivity index is 2.88. The largest absolute Gasteiger partial charge is 0.272 e. The van der Waals surface area contributed by atoms with Crippen molar-refractivity contribution in [2.45, 2.75) is 20.4 Å². The lowest BCUT2D eigenvalue weighted by Gasteiger charge is -1.91. The fourth-order valence-corrected chi connectivity index (χ4v) is 0.757. The van der Waals surface area contributed by atoms with Gasteiger partial charge >= 0.3 is 0 Å². The van der Waals surface area contributed by atoms with Gasteiger partial charge < -0.3 is 0 Å². The van der Waals surface area contributed by atoms with Gasteiger partial charge in [-0.05, 0) is 19.4 Å². The third-order valence-electron chi connectivity index (χ3n) is 1.45. The van der Waals surface area contributed by atoms with Gasteiger partial charge in [0.2, 0.25) is 0 Å². The summed E-state index contributed by atoms with van der Waals surface area (Å²) in [4.78, 5) is 0. The molecular weight excluding hydrogens is 124 g/mol. The van der Waals surface area contributed by atoms with Crippen molar-refractivity contribution in [2.75, 3.05) is 0 Å². The van der Waals surface area contributed by atoms with Crippen molar-refractivity contribution in [3.05, 3.63) is 24.5 Å². The van der Waals surface area contributed by atoms with Crippen molar-refractivity contribution >= 4 is 5.57 Å². The third kappa shape index (κ3) is 1.26. The molecular formula is C8H12N2. The Morgan fingerprint density at radius 3 is 2.80 bits per heavy atom. The van der Waals surface area contributed by atoms with Crippen LogP contribution in [0.2, 0.25) is 0 Å². The number of nitrogens with zero attached hydrogens (tertiary/aromatic N) is 2. The summed E-state index contributed by atoms with van der Waals surface area (Å²) >= 11 is 0. The van der Waals surface area contributed by atoms with E-state index in [1.807, 2.05) is 24.0 Å². The Kier molecular flexibility index (Phi) is 1.90. The Bertz CT molecular complexity index is 235. The van der Waals surface area contributed by atoms with E-state index in [0.717, 1.165) is 17.7 Å². The van der Waals surface area contributed by atoms with Gasteiger partial charge in [-0.2, -0.15) is 5.10 Å². The summed E-state index contributed by atoms with van der Waals surface area (Å²) in [5, 5.41) is 4.11. The van der Waals surface area contributed by atoms with E-state index in [1.165, 1.54) is 0 Å². The van der Waals surface area contributed by atoms with Gasteiger partial charge in [-0.15, -0.1) is 0 Å². The summed E-state index contributed by atoms with van der Waals surface area (Å²) < 4.78 is 1.89. The Labute approximate surface area is 61.2 Å². The van der Waals surface area contributed by atoms with Gasteiger partial charge in [-0.25, -0.2) is 0 Å². The highest BCUT2D eigenvalue weighted by Gasteiger charge is 1.95. The number of aromatic nitrogens is 2. The quantitative estimate of drug-likeness (QED) is 0.607. The van der Waals surface area contributed by atoms with E-state index in [9.17, 15) is 0 Å². The Morgan fingerprint density at radius 1 is 1.80 bits per heavy atom. The topological polar surface area (TPSA) is 17.8 Å². The van der Waals surface area contributed by atoms with Gasteiger partial charge in [0.15, 0.2) is 0 Å². The fourth-order valence-electron chi connectivity index (χ4n) is 0.757. The second-order valence-electron chi connectivity index (χ2n) is 2.37. The highest BCUT2D eigenvalue weighted by atomic mass is 15.3. The average molecular weight is 136 g/mol. The van der Waals surface area contributed by atoms with Crippen LogP contribution in [-0.2, 0) is 6.54 Å². The van der Waals surface area contributed by atoms with Crippen molar-refractivity contribution in [1.82, 2.24) is 9.78 Å². The fraction of sp³-hybridized carbons (Fsp3) is 0.375. The van der Waals surface area contributed by atoms with Crippen LogP contribution >= 0.6 is 0 Å². The predicted octanol–water partition coefficient (Wildman–Crippen LogP) is 1.94. The summed E-state index contributed by atoms with van der Waals surface area (Å²) in [5.74, 6) is 0. The van der Waals surface area contributed by atoms with E-state index < -0.39 is 0 Å². The van der Waals surface area contributed by atoms with Gasteiger partial charge in [0.05, 0.1) is 6.20 Å². The molecule has 1 heterocycles. The van der Waals surface area contributed by atoms with Crippen LogP contribution < -0.4 is 0 Å². The van der Waals surface area contributed by atoms with E-state index in [2.05, 4.69) is 18.6 Å². The maximum absolute atomic E-state index is 4.11. The lowest BCUT2D eigenvalue weighted by Crippen LogP contribution is -1.91. The highest BCUT2D eigenvalue weighted by Crippen LogP contribution is 2.08. The molecule has 2 heteroatoms. The number of allylic oxidation sites excluding steroid dienone is 1. The summed E-state index contributed by atoms with van der Waals surface area (Å²) in [7, 11) is 0. The minimum absolute atomic E-state index is 0.924. The second-order valence-corrected chi connectivity index (χ2v) is 2.37. The molecule has 2 nitrogen and oxygen atoms in total. The number of rotatable bonds is 2. The molecule has 0 fully saturated rings. The molecule has 1 rings (SSSR count). The summed E-state index contributed by atoms with van der Waals surface area (Å²) in [6.45, 7) is 8.79. The molecule has 0 saturated carbocycles. The summed E-state index contributed by atoms with van der Waals surface area (Å²) in [6.07, 6.45) is 3.84. The van der Waals surface area contributed by atoms with Crippen LogP contribution in [0.4, 0.5) is 0 Å². The minimum Gasteiger partial charge on any atom is -0.272 e. The van der Waals surface area contributed by atoms with Crippen LogP contribution in [-0.4, -0.2) is 9.78 Å². The van der Waals surface area contributed by atoms with Crippen molar-refractivity contribution in [3.8, 4) is 0 Å². The van der Waals surface area contributed by atoms with Crippen LogP contribution in [0, 0.1) is 0 Å². The molecule has 0 aliphatic carbocycles. The molecule has 0 amide bonds. The van der Waals surface area contributed by atoms with Crippen molar-refractivity contribution in [2.24, 2.45) is 0 Å². The average Bonchev–Trinajstić information content (AvgIpc) is 2.34. The molecule has 1 aromatic heterocycles.